The molecule has 1 aliphatic heterocycles. The molecule has 0 unspecified atom stereocenters. The first-order chi connectivity index (χ1) is 20.2. The minimum absolute atomic E-state index is 0.155. The summed E-state index contributed by atoms with van der Waals surface area (Å²) < 4.78 is 27.4. The van der Waals surface area contributed by atoms with E-state index in [1.807, 2.05) is 6.07 Å². The first-order valence-corrected chi connectivity index (χ1v) is 14.5. The third-order valence-corrected chi connectivity index (χ3v) is 8.15. The molecule has 0 spiro atoms. The van der Waals surface area contributed by atoms with Crippen molar-refractivity contribution >= 4 is 45.3 Å². The van der Waals surface area contributed by atoms with Gasteiger partial charge in [0.05, 0.1) is 38.5 Å². The van der Waals surface area contributed by atoms with Crippen molar-refractivity contribution < 1.29 is 28.6 Å². The van der Waals surface area contributed by atoms with Gasteiger partial charge in [-0.2, -0.15) is 0 Å². The first kappa shape index (κ1) is 29.2. The van der Waals surface area contributed by atoms with Crippen molar-refractivity contribution in [3.8, 4) is 5.75 Å². The largest absolute Gasteiger partial charge is 0.488 e. The average molecular weight is 652 g/mol. The van der Waals surface area contributed by atoms with Gasteiger partial charge < -0.3 is 14.6 Å². The summed E-state index contributed by atoms with van der Waals surface area (Å²) in [5.74, 6) is -1.44. The highest BCUT2D eigenvalue weighted by Gasteiger charge is 2.33. The molecule has 0 saturated heterocycles. The van der Waals surface area contributed by atoms with E-state index < -0.39 is 23.8 Å². The third-order valence-electron chi connectivity index (χ3n) is 6.55. The first-order valence-electron chi connectivity index (χ1n) is 12.9. The van der Waals surface area contributed by atoms with Crippen molar-refractivity contribution in [3.63, 3.8) is 0 Å². The number of ether oxygens (including phenoxy) is 2. The molecule has 0 aliphatic carbocycles. The van der Waals surface area contributed by atoms with Crippen LogP contribution in [-0.4, -0.2) is 28.2 Å². The Bertz CT molecular complexity index is 1900. The van der Waals surface area contributed by atoms with Gasteiger partial charge in [-0.1, -0.05) is 41.7 Å². The zero-order valence-corrected chi connectivity index (χ0v) is 24.9. The number of nitrogens with zero attached hydrogens (tertiary/aromatic N) is 2. The van der Waals surface area contributed by atoms with Gasteiger partial charge in [-0.05, 0) is 88.9 Å². The lowest BCUT2D eigenvalue weighted by atomic mass is 9.96. The van der Waals surface area contributed by atoms with Crippen molar-refractivity contribution in [1.82, 2.24) is 4.57 Å². The Kier molecular flexibility index (Phi) is 8.51. The number of esters is 1. The molecule has 2 heterocycles. The van der Waals surface area contributed by atoms with Crippen LogP contribution in [0.1, 0.15) is 46.9 Å². The van der Waals surface area contributed by atoms with E-state index in [0.717, 1.165) is 11.1 Å². The molecule has 1 aromatic heterocycles. The van der Waals surface area contributed by atoms with Gasteiger partial charge in [0.25, 0.3) is 5.56 Å². The van der Waals surface area contributed by atoms with Crippen LogP contribution in [0.5, 0.6) is 5.75 Å². The number of fused-ring (bicyclic) bond motifs is 1. The fourth-order valence-electron chi connectivity index (χ4n) is 4.53. The zero-order chi connectivity index (χ0) is 30.0. The number of halogens is 2. The van der Waals surface area contributed by atoms with Gasteiger partial charge in [-0.3, -0.25) is 9.36 Å². The number of carbonyl (C=O) groups excluding carboxylic acids is 1. The number of thiazole rings is 1. The summed E-state index contributed by atoms with van der Waals surface area (Å²) in [4.78, 5) is 42.7. The molecule has 214 valence electrons. The molecule has 0 radical (unpaired) electrons. The molecule has 0 fully saturated rings. The van der Waals surface area contributed by atoms with E-state index in [1.165, 1.54) is 40.2 Å². The van der Waals surface area contributed by atoms with Crippen molar-refractivity contribution in [1.29, 1.82) is 0 Å². The van der Waals surface area contributed by atoms with Gasteiger partial charge >= 0.3 is 11.9 Å². The van der Waals surface area contributed by atoms with Crippen molar-refractivity contribution in [2.45, 2.75) is 26.5 Å². The van der Waals surface area contributed by atoms with E-state index in [4.69, 9.17) is 14.6 Å². The van der Waals surface area contributed by atoms with Crippen LogP contribution in [-0.2, 0) is 16.1 Å². The molecule has 0 amide bonds. The number of rotatable bonds is 8. The quantitative estimate of drug-likeness (QED) is 0.270. The fourth-order valence-corrected chi connectivity index (χ4v) is 6.09. The Balaban J connectivity index is 1.47. The number of hydrogen-bond acceptors (Lipinski definition) is 7. The number of hydrogen-bond donors (Lipinski definition) is 1. The van der Waals surface area contributed by atoms with Crippen molar-refractivity contribution in [3.05, 3.63) is 130 Å². The number of aromatic nitrogens is 1. The molecule has 3 aromatic carbocycles. The zero-order valence-electron chi connectivity index (χ0n) is 22.5. The topological polar surface area (TPSA) is 107 Å². The van der Waals surface area contributed by atoms with Crippen LogP contribution in [0, 0.1) is 5.82 Å². The molecular formula is C31H24BrFN2O6S. The van der Waals surface area contributed by atoms with Crippen LogP contribution < -0.4 is 19.6 Å². The molecular weight excluding hydrogens is 627 g/mol. The highest BCUT2D eigenvalue weighted by molar-refractivity contribution is 9.10. The molecule has 0 saturated carbocycles. The predicted molar refractivity (Wildman–Crippen MR) is 159 cm³/mol. The van der Waals surface area contributed by atoms with E-state index in [0.29, 0.717) is 30.8 Å². The minimum atomic E-state index is -0.992. The standard InChI is InChI=1S/C31H24BrFN2O6S/c1-3-40-30(39)26-17(2)34-31-35(27(26)20-9-11-22(33)12-10-20)28(36)25(42-31)15-19-6-13-24(23(32)14-19)41-16-18-4-7-21(8-5-18)29(37)38/h4-15,27H,3,16H2,1-2H3,(H,37,38)/b25-15+/t27-/m0/s1. The predicted octanol–water partition coefficient (Wildman–Crippen LogP) is 4.98. The second-order valence-corrected chi connectivity index (χ2v) is 11.2. The highest BCUT2D eigenvalue weighted by Crippen LogP contribution is 2.31. The summed E-state index contributed by atoms with van der Waals surface area (Å²) in [7, 11) is 0. The lowest BCUT2D eigenvalue weighted by Gasteiger charge is -2.24. The molecule has 1 aliphatic rings. The van der Waals surface area contributed by atoms with Gasteiger partial charge in [0.2, 0.25) is 0 Å². The van der Waals surface area contributed by atoms with Gasteiger partial charge in [-0.25, -0.2) is 19.0 Å². The second kappa shape index (κ2) is 12.3. The van der Waals surface area contributed by atoms with Crippen LogP contribution in [0.3, 0.4) is 0 Å². The van der Waals surface area contributed by atoms with E-state index in [2.05, 4.69) is 20.9 Å². The Morgan fingerprint density at radius 1 is 1.12 bits per heavy atom. The summed E-state index contributed by atoms with van der Waals surface area (Å²) in [6.07, 6.45) is 1.73. The molecule has 0 bridgehead atoms. The molecule has 4 aromatic rings. The van der Waals surface area contributed by atoms with Crippen molar-refractivity contribution in [2.24, 2.45) is 4.99 Å². The molecule has 42 heavy (non-hydrogen) atoms. The average Bonchev–Trinajstić information content (AvgIpc) is 3.26. The van der Waals surface area contributed by atoms with Crippen LogP contribution in [0.15, 0.2) is 92.3 Å². The molecule has 1 N–H and O–H groups in total. The van der Waals surface area contributed by atoms with E-state index >= 15 is 0 Å². The fraction of sp³-hybridized carbons (Fsp3) is 0.161. The number of aromatic carboxylic acids is 1. The number of carboxylic acid groups (broad SMARTS) is 1. The van der Waals surface area contributed by atoms with E-state index in [-0.39, 0.29) is 29.9 Å². The SMILES string of the molecule is CCOC(=O)C1=C(C)N=c2s/c(=C/c3ccc(OCc4ccc(C(=O)O)cc4)c(Br)c3)c(=O)n2[C@H]1c1ccc(F)cc1. The number of carbonyl (C=O) groups is 2. The van der Waals surface area contributed by atoms with Gasteiger partial charge in [0.1, 0.15) is 18.2 Å². The second-order valence-electron chi connectivity index (χ2n) is 9.33. The van der Waals surface area contributed by atoms with E-state index in [1.54, 1.807) is 56.3 Å². The van der Waals surface area contributed by atoms with Gasteiger partial charge in [-0.15, -0.1) is 0 Å². The maximum atomic E-state index is 13.7. The Hall–Kier alpha value is -4.35. The minimum Gasteiger partial charge on any atom is -0.488 e. The highest BCUT2D eigenvalue weighted by atomic mass is 79.9. The van der Waals surface area contributed by atoms with Gasteiger partial charge in [0.15, 0.2) is 4.80 Å². The van der Waals surface area contributed by atoms with E-state index in [9.17, 15) is 18.8 Å². The monoisotopic (exact) mass is 650 g/mol. The van der Waals surface area contributed by atoms with Crippen LogP contribution in [0.2, 0.25) is 0 Å². The molecule has 5 rings (SSSR count). The summed E-state index contributed by atoms with van der Waals surface area (Å²) in [6.45, 7) is 3.78. The third kappa shape index (κ3) is 5.97. The maximum absolute atomic E-state index is 13.7. The summed E-state index contributed by atoms with van der Waals surface area (Å²) >= 11 is 4.71. The Morgan fingerprint density at radius 3 is 2.48 bits per heavy atom. The summed E-state index contributed by atoms with van der Waals surface area (Å²) in [5, 5.41) is 9.06. The number of benzene rings is 3. The van der Waals surface area contributed by atoms with Crippen molar-refractivity contribution in [2.75, 3.05) is 6.61 Å². The maximum Gasteiger partial charge on any atom is 0.338 e. The van der Waals surface area contributed by atoms with Gasteiger partial charge in [0, 0.05) is 0 Å². The van der Waals surface area contributed by atoms with Crippen LogP contribution in [0.25, 0.3) is 6.08 Å². The number of allylic oxidation sites excluding steroid dienone is 1. The number of carboxylic acids is 1. The van der Waals surface area contributed by atoms with Crippen LogP contribution >= 0.6 is 27.3 Å². The Morgan fingerprint density at radius 2 is 1.83 bits per heavy atom. The normalized spacial score (nSPS) is 14.8. The summed E-state index contributed by atoms with van der Waals surface area (Å²) in [6, 6.07) is 16.7. The molecule has 1 atom stereocenters. The van der Waals surface area contributed by atoms with Crippen LogP contribution in [0.4, 0.5) is 4.39 Å². The molecule has 11 heteroatoms. The lowest BCUT2D eigenvalue weighted by molar-refractivity contribution is -0.139. The lowest BCUT2D eigenvalue weighted by Crippen LogP contribution is -2.39. The molecule has 8 nitrogen and oxygen atoms in total. The Labute approximate surface area is 251 Å². The smallest absolute Gasteiger partial charge is 0.338 e. The summed E-state index contributed by atoms with van der Waals surface area (Å²) in [5.41, 5.74) is 2.61.